The molecule has 0 bridgehead atoms. The van der Waals surface area contributed by atoms with Crippen molar-refractivity contribution in [3.05, 3.63) is 59.7 Å². The van der Waals surface area contributed by atoms with E-state index in [9.17, 15) is 14.4 Å². The van der Waals surface area contributed by atoms with E-state index in [1.807, 2.05) is 32.0 Å². The smallest absolute Gasteiger partial charge is 0.329 e. The monoisotopic (exact) mass is 412 g/mol. The highest BCUT2D eigenvalue weighted by atomic mass is 16.5. The van der Waals surface area contributed by atoms with Gasteiger partial charge in [0.25, 0.3) is 11.8 Å². The Bertz CT molecular complexity index is 880. The van der Waals surface area contributed by atoms with Gasteiger partial charge in [0.1, 0.15) is 11.8 Å². The number of benzene rings is 2. The van der Waals surface area contributed by atoms with E-state index < -0.39 is 30.4 Å². The molecule has 0 aromatic heterocycles. The van der Waals surface area contributed by atoms with Gasteiger partial charge in [-0.15, -0.1) is 0 Å². The minimum Gasteiger partial charge on any atom is -0.484 e. The molecule has 2 aromatic rings. The maximum atomic E-state index is 12.4. The van der Waals surface area contributed by atoms with Gasteiger partial charge in [0.15, 0.2) is 13.2 Å². The number of nitrogens with one attached hydrogen (secondary N) is 2. The van der Waals surface area contributed by atoms with Crippen molar-refractivity contribution < 1.29 is 23.9 Å². The maximum absolute atomic E-state index is 12.4. The van der Waals surface area contributed by atoms with Crippen molar-refractivity contribution in [2.45, 2.75) is 33.7 Å². The van der Waals surface area contributed by atoms with Crippen LogP contribution in [0.2, 0.25) is 0 Å². The number of esters is 1. The van der Waals surface area contributed by atoms with Crippen LogP contribution in [0.1, 0.15) is 25.0 Å². The summed E-state index contributed by atoms with van der Waals surface area (Å²) in [5.41, 5.74) is 2.66. The fourth-order valence-electron chi connectivity index (χ4n) is 2.75. The number of rotatable bonds is 9. The highest BCUT2D eigenvalue weighted by Gasteiger charge is 2.26. The summed E-state index contributed by atoms with van der Waals surface area (Å²) in [6.07, 6.45) is 0. The summed E-state index contributed by atoms with van der Waals surface area (Å²) < 4.78 is 10.5. The third kappa shape index (κ3) is 7.24. The van der Waals surface area contributed by atoms with Gasteiger partial charge < -0.3 is 20.1 Å². The first-order valence-corrected chi connectivity index (χ1v) is 9.77. The van der Waals surface area contributed by atoms with Crippen LogP contribution >= 0.6 is 0 Å². The average Bonchev–Trinajstić information content (AvgIpc) is 2.71. The topological polar surface area (TPSA) is 93.7 Å². The summed E-state index contributed by atoms with van der Waals surface area (Å²) in [7, 11) is 0. The summed E-state index contributed by atoms with van der Waals surface area (Å²) in [5.74, 6) is -1.24. The Hall–Kier alpha value is -3.35. The molecular formula is C23H28N2O5. The van der Waals surface area contributed by atoms with Gasteiger partial charge >= 0.3 is 5.97 Å². The molecule has 0 saturated heterocycles. The Morgan fingerprint density at radius 1 is 0.933 bits per heavy atom. The van der Waals surface area contributed by atoms with E-state index in [4.69, 9.17) is 9.47 Å². The molecule has 0 aliphatic carbocycles. The van der Waals surface area contributed by atoms with Gasteiger partial charge in [-0.25, -0.2) is 4.79 Å². The number of carbonyl (C=O) groups excluding carboxylic acids is 3. The molecule has 0 saturated carbocycles. The summed E-state index contributed by atoms with van der Waals surface area (Å²) in [5, 5.41) is 5.32. The van der Waals surface area contributed by atoms with Gasteiger partial charge in [0.05, 0.1) is 0 Å². The molecule has 2 aromatic carbocycles. The summed E-state index contributed by atoms with van der Waals surface area (Å²) >= 11 is 0. The Kier molecular flexibility index (Phi) is 8.41. The molecule has 0 heterocycles. The predicted molar refractivity (Wildman–Crippen MR) is 114 cm³/mol. The molecule has 2 amide bonds. The molecule has 0 aliphatic heterocycles. The van der Waals surface area contributed by atoms with E-state index in [-0.39, 0.29) is 12.5 Å². The third-order valence-corrected chi connectivity index (χ3v) is 4.35. The molecule has 0 aliphatic rings. The fraction of sp³-hybridized carbons (Fsp3) is 0.348. The van der Waals surface area contributed by atoms with Crippen LogP contribution in [0.25, 0.3) is 0 Å². The second kappa shape index (κ2) is 11.0. The van der Waals surface area contributed by atoms with Crippen molar-refractivity contribution in [2.24, 2.45) is 5.92 Å². The number of aryl methyl sites for hydroxylation is 2. The van der Waals surface area contributed by atoms with Crippen LogP contribution < -0.4 is 15.4 Å². The van der Waals surface area contributed by atoms with Crippen LogP contribution in [0.15, 0.2) is 48.5 Å². The first-order chi connectivity index (χ1) is 14.3. The summed E-state index contributed by atoms with van der Waals surface area (Å²) in [6.45, 7) is 6.74. The number of hydrogen-bond acceptors (Lipinski definition) is 5. The molecule has 2 rings (SSSR count). The highest BCUT2D eigenvalue weighted by Crippen LogP contribution is 2.16. The highest BCUT2D eigenvalue weighted by molar-refractivity contribution is 5.94. The van der Waals surface area contributed by atoms with Gasteiger partial charge in [-0.05, 0) is 43.5 Å². The third-order valence-electron chi connectivity index (χ3n) is 4.35. The number of anilines is 1. The average molecular weight is 412 g/mol. The summed E-state index contributed by atoms with van der Waals surface area (Å²) in [4.78, 5) is 36.7. The van der Waals surface area contributed by atoms with Crippen LogP contribution in [0, 0.1) is 19.8 Å². The largest absolute Gasteiger partial charge is 0.484 e. The van der Waals surface area contributed by atoms with Crippen molar-refractivity contribution >= 4 is 23.5 Å². The van der Waals surface area contributed by atoms with Gasteiger partial charge in [0, 0.05) is 5.69 Å². The Labute approximate surface area is 176 Å². The van der Waals surface area contributed by atoms with E-state index in [1.165, 1.54) is 0 Å². The van der Waals surface area contributed by atoms with Crippen molar-refractivity contribution in [3.63, 3.8) is 0 Å². The first-order valence-electron chi connectivity index (χ1n) is 9.77. The van der Waals surface area contributed by atoms with E-state index >= 15 is 0 Å². The zero-order valence-corrected chi connectivity index (χ0v) is 17.7. The first kappa shape index (κ1) is 22.9. The van der Waals surface area contributed by atoms with Crippen molar-refractivity contribution in [3.8, 4) is 5.75 Å². The number of amides is 2. The molecule has 0 radical (unpaired) electrons. The number of carbonyl (C=O) groups is 3. The molecule has 160 valence electrons. The quantitative estimate of drug-likeness (QED) is 0.618. The zero-order valence-electron chi connectivity index (χ0n) is 17.7. The maximum Gasteiger partial charge on any atom is 0.329 e. The Morgan fingerprint density at radius 3 is 2.27 bits per heavy atom. The van der Waals surface area contributed by atoms with Gasteiger partial charge in [-0.1, -0.05) is 49.7 Å². The summed E-state index contributed by atoms with van der Waals surface area (Å²) in [6, 6.07) is 13.6. The predicted octanol–water partition coefficient (Wildman–Crippen LogP) is 3.00. The molecule has 2 N–H and O–H groups in total. The van der Waals surface area contributed by atoms with Crippen LogP contribution in [0.3, 0.4) is 0 Å². The lowest BCUT2D eigenvalue weighted by Gasteiger charge is -2.21. The minimum atomic E-state index is -0.884. The molecular weight excluding hydrogens is 384 g/mol. The lowest BCUT2D eigenvalue weighted by molar-refractivity contribution is -0.152. The van der Waals surface area contributed by atoms with Crippen LogP contribution in [-0.4, -0.2) is 37.0 Å². The van der Waals surface area contributed by atoms with E-state index in [1.54, 1.807) is 44.2 Å². The zero-order chi connectivity index (χ0) is 22.1. The van der Waals surface area contributed by atoms with E-state index in [2.05, 4.69) is 10.6 Å². The second-order valence-electron chi connectivity index (χ2n) is 7.37. The van der Waals surface area contributed by atoms with E-state index in [0.29, 0.717) is 11.4 Å². The van der Waals surface area contributed by atoms with Crippen LogP contribution in [-0.2, 0) is 19.1 Å². The van der Waals surface area contributed by atoms with Crippen molar-refractivity contribution in [1.82, 2.24) is 5.32 Å². The van der Waals surface area contributed by atoms with E-state index in [0.717, 1.165) is 11.1 Å². The Balaban J connectivity index is 1.83. The standard InChI is InChI=1S/C23H28N2O5/c1-15(2)22(25-21(27)13-29-18-8-6-5-7-9-18)23(28)30-14-20(26)24-19-11-10-16(3)12-17(19)4/h5-12,15,22H,13-14H2,1-4H3,(H,24,26)(H,25,27)/t22-/m0/s1. The lowest BCUT2D eigenvalue weighted by Crippen LogP contribution is -2.47. The molecule has 0 fully saturated rings. The molecule has 30 heavy (non-hydrogen) atoms. The fourth-order valence-corrected chi connectivity index (χ4v) is 2.75. The van der Waals surface area contributed by atoms with Gasteiger partial charge in [-0.3, -0.25) is 9.59 Å². The van der Waals surface area contributed by atoms with Gasteiger partial charge in [-0.2, -0.15) is 0 Å². The molecule has 0 unspecified atom stereocenters. The second-order valence-corrected chi connectivity index (χ2v) is 7.37. The molecule has 7 heteroatoms. The minimum absolute atomic E-state index is 0.222. The normalized spacial score (nSPS) is 11.5. The van der Waals surface area contributed by atoms with Crippen molar-refractivity contribution in [1.29, 1.82) is 0 Å². The Morgan fingerprint density at radius 2 is 1.63 bits per heavy atom. The molecule has 1 atom stereocenters. The molecule has 7 nitrogen and oxygen atoms in total. The number of hydrogen-bond donors (Lipinski definition) is 2. The van der Waals surface area contributed by atoms with Gasteiger partial charge in [0.2, 0.25) is 0 Å². The van der Waals surface area contributed by atoms with Crippen LogP contribution in [0.5, 0.6) is 5.75 Å². The number of para-hydroxylation sites is 1. The van der Waals surface area contributed by atoms with Crippen molar-refractivity contribution in [2.75, 3.05) is 18.5 Å². The lowest BCUT2D eigenvalue weighted by atomic mass is 10.0. The molecule has 0 spiro atoms. The van der Waals surface area contributed by atoms with Crippen LogP contribution in [0.4, 0.5) is 5.69 Å². The SMILES string of the molecule is Cc1ccc(NC(=O)COC(=O)[C@@H](NC(=O)COc2ccccc2)C(C)C)c(C)c1. The number of ether oxygens (including phenoxy) is 2.